The highest BCUT2D eigenvalue weighted by atomic mass is 35.5. The molecule has 3 atom stereocenters. The minimum atomic E-state index is -0.323. The lowest BCUT2D eigenvalue weighted by atomic mass is 9.83. The lowest BCUT2D eigenvalue weighted by molar-refractivity contribution is -0.146. The summed E-state index contributed by atoms with van der Waals surface area (Å²) in [5, 5.41) is -0.546. The Kier molecular flexibility index (Phi) is 3.60. The number of esters is 1. The normalized spacial score (nSPS) is 33.6. The van der Waals surface area contributed by atoms with Crippen molar-refractivity contribution in [1.29, 1.82) is 0 Å². The molecule has 0 spiro atoms. The minimum Gasteiger partial charge on any atom is -0.461 e. The van der Waals surface area contributed by atoms with Crippen molar-refractivity contribution in [3.8, 4) is 0 Å². The number of halogens is 2. The molecule has 0 aromatic rings. The van der Waals surface area contributed by atoms with E-state index in [2.05, 4.69) is 12.2 Å². The molecule has 16 heavy (non-hydrogen) atoms. The predicted molar refractivity (Wildman–Crippen MR) is 64.9 cm³/mol. The highest BCUT2D eigenvalue weighted by molar-refractivity contribution is 6.31. The van der Waals surface area contributed by atoms with Crippen LogP contribution >= 0.6 is 23.2 Å². The summed E-state index contributed by atoms with van der Waals surface area (Å²) < 4.78 is 5.21. The zero-order chi connectivity index (χ0) is 11.7. The fraction of sp³-hybridized carbons (Fsp3) is 0.583. The Morgan fingerprint density at radius 3 is 2.75 bits per heavy atom. The van der Waals surface area contributed by atoms with Crippen molar-refractivity contribution < 1.29 is 9.53 Å². The van der Waals surface area contributed by atoms with Crippen molar-refractivity contribution in [3.63, 3.8) is 0 Å². The third-order valence-electron chi connectivity index (χ3n) is 3.06. The van der Waals surface area contributed by atoms with E-state index in [1.54, 1.807) is 0 Å². The highest BCUT2D eigenvalue weighted by Crippen LogP contribution is 2.39. The number of ether oxygens (including phenoxy) is 1. The molecule has 0 heterocycles. The molecule has 2 aliphatic carbocycles. The molecule has 0 saturated heterocycles. The van der Waals surface area contributed by atoms with Crippen LogP contribution in [-0.2, 0) is 9.53 Å². The Labute approximate surface area is 105 Å². The topological polar surface area (TPSA) is 26.3 Å². The molecule has 0 bridgehead atoms. The Balaban J connectivity index is 2.17. The molecule has 0 fully saturated rings. The fourth-order valence-corrected chi connectivity index (χ4v) is 2.99. The van der Waals surface area contributed by atoms with E-state index in [1.165, 1.54) is 18.1 Å². The molecule has 0 saturated carbocycles. The van der Waals surface area contributed by atoms with E-state index < -0.39 is 0 Å². The average molecular weight is 261 g/mol. The van der Waals surface area contributed by atoms with Crippen LogP contribution in [0.5, 0.6) is 0 Å². The standard InChI is InChI=1S/C12H14Cl2O2/c1-7(15)16-10-6-8-4-2-3-5-9(8)11(13)12(10)14/h2-3,10-12H,4-6H2,1H3/t10-,11-,12-/m1/s1. The van der Waals surface area contributed by atoms with Crippen LogP contribution in [-0.4, -0.2) is 22.8 Å². The van der Waals surface area contributed by atoms with E-state index in [0.717, 1.165) is 19.3 Å². The third-order valence-corrected chi connectivity index (χ3v) is 4.25. The lowest BCUT2D eigenvalue weighted by Gasteiger charge is -2.35. The van der Waals surface area contributed by atoms with Crippen LogP contribution in [0.3, 0.4) is 0 Å². The van der Waals surface area contributed by atoms with Crippen LogP contribution in [0.2, 0.25) is 0 Å². The molecule has 2 nitrogen and oxygen atoms in total. The summed E-state index contributed by atoms with van der Waals surface area (Å²) in [5.74, 6) is -0.296. The molecule has 2 aliphatic rings. The third kappa shape index (κ3) is 2.28. The number of hydrogen-bond acceptors (Lipinski definition) is 2. The number of carbonyl (C=O) groups is 1. The minimum absolute atomic E-state index is 0.222. The number of carbonyl (C=O) groups excluding carboxylic acids is 1. The van der Waals surface area contributed by atoms with Gasteiger partial charge in [0, 0.05) is 13.3 Å². The van der Waals surface area contributed by atoms with Gasteiger partial charge in [0.2, 0.25) is 0 Å². The SMILES string of the molecule is CC(=O)O[C@@H]1CC2=C(CC=CC2)[C@@H](Cl)[C@@H]1Cl. The summed E-state index contributed by atoms with van der Waals surface area (Å²) in [6.45, 7) is 1.40. The second-order valence-corrected chi connectivity index (χ2v) is 5.18. The van der Waals surface area contributed by atoms with E-state index in [-0.39, 0.29) is 22.8 Å². The summed E-state index contributed by atoms with van der Waals surface area (Å²) in [4.78, 5) is 11.0. The van der Waals surface area contributed by atoms with Crippen molar-refractivity contribution in [1.82, 2.24) is 0 Å². The van der Waals surface area contributed by atoms with E-state index >= 15 is 0 Å². The van der Waals surface area contributed by atoms with Gasteiger partial charge in [-0.1, -0.05) is 17.7 Å². The van der Waals surface area contributed by atoms with Crippen molar-refractivity contribution >= 4 is 29.2 Å². The second-order valence-electron chi connectivity index (χ2n) is 4.21. The van der Waals surface area contributed by atoms with Crippen LogP contribution in [0, 0.1) is 0 Å². The van der Waals surface area contributed by atoms with Gasteiger partial charge in [-0.3, -0.25) is 4.79 Å². The Hall–Kier alpha value is -0.470. The van der Waals surface area contributed by atoms with E-state index in [4.69, 9.17) is 27.9 Å². The molecule has 0 aromatic heterocycles. The highest BCUT2D eigenvalue weighted by Gasteiger charge is 2.37. The van der Waals surface area contributed by atoms with Gasteiger partial charge in [-0.15, -0.1) is 23.2 Å². The number of rotatable bonds is 1. The zero-order valence-electron chi connectivity index (χ0n) is 9.08. The van der Waals surface area contributed by atoms with Crippen LogP contribution in [0.1, 0.15) is 26.2 Å². The van der Waals surface area contributed by atoms with Gasteiger partial charge in [-0.05, 0) is 18.4 Å². The maximum Gasteiger partial charge on any atom is 0.302 e. The monoisotopic (exact) mass is 260 g/mol. The first-order valence-corrected chi connectivity index (χ1v) is 6.28. The Morgan fingerprint density at radius 1 is 1.38 bits per heavy atom. The number of alkyl halides is 2. The van der Waals surface area contributed by atoms with Crippen LogP contribution in [0.25, 0.3) is 0 Å². The van der Waals surface area contributed by atoms with Gasteiger partial charge in [-0.25, -0.2) is 0 Å². The molecule has 2 rings (SSSR count). The van der Waals surface area contributed by atoms with Gasteiger partial charge < -0.3 is 4.74 Å². The molecule has 0 amide bonds. The first-order valence-electron chi connectivity index (χ1n) is 5.40. The summed E-state index contributed by atoms with van der Waals surface area (Å²) in [7, 11) is 0. The van der Waals surface area contributed by atoms with Gasteiger partial charge in [0.25, 0.3) is 0 Å². The maximum absolute atomic E-state index is 11.0. The average Bonchev–Trinajstić information content (AvgIpc) is 2.25. The molecular formula is C12H14Cl2O2. The molecule has 0 radical (unpaired) electrons. The summed E-state index contributed by atoms with van der Waals surface area (Å²) in [6, 6.07) is 0. The predicted octanol–water partition coefficient (Wildman–Crippen LogP) is 3.18. The summed E-state index contributed by atoms with van der Waals surface area (Å²) >= 11 is 12.5. The number of hydrogen-bond donors (Lipinski definition) is 0. The number of allylic oxidation sites excluding steroid dienone is 3. The Bertz CT molecular complexity index is 360. The van der Waals surface area contributed by atoms with Crippen LogP contribution < -0.4 is 0 Å². The smallest absolute Gasteiger partial charge is 0.302 e. The van der Waals surface area contributed by atoms with Gasteiger partial charge >= 0.3 is 5.97 Å². The molecule has 0 unspecified atom stereocenters. The fourth-order valence-electron chi connectivity index (χ4n) is 2.29. The van der Waals surface area contributed by atoms with Crippen molar-refractivity contribution in [2.24, 2.45) is 0 Å². The van der Waals surface area contributed by atoms with Gasteiger partial charge in [-0.2, -0.15) is 0 Å². The molecule has 0 N–H and O–H groups in total. The quantitative estimate of drug-likeness (QED) is 0.411. The summed E-state index contributed by atoms with van der Waals surface area (Å²) in [6.07, 6.45) is 6.45. The van der Waals surface area contributed by atoms with Gasteiger partial charge in [0.05, 0.1) is 10.8 Å². The van der Waals surface area contributed by atoms with Crippen LogP contribution in [0.15, 0.2) is 23.3 Å². The lowest BCUT2D eigenvalue weighted by Crippen LogP contribution is -2.39. The molecule has 0 aliphatic heterocycles. The van der Waals surface area contributed by atoms with E-state index in [1.807, 2.05) is 0 Å². The zero-order valence-corrected chi connectivity index (χ0v) is 10.6. The van der Waals surface area contributed by atoms with Crippen molar-refractivity contribution in [3.05, 3.63) is 23.3 Å². The van der Waals surface area contributed by atoms with Gasteiger partial charge in [0.1, 0.15) is 6.10 Å². The van der Waals surface area contributed by atoms with Crippen molar-refractivity contribution in [2.75, 3.05) is 0 Å². The first-order chi connectivity index (χ1) is 7.59. The van der Waals surface area contributed by atoms with E-state index in [0.29, 0.717) is 0 Å². The molecule has 4 heteroatoms. The van der Waals surface area contributed by atoms with Gasteiger partial charge in [0.15, 0.2) is 0 Å². The first kappa shape index (κ1) is 12.0. The summed E-state index contributed by atoms with van der Waals surface area (Å²) in [5.41, 5.74) is 2.50. The second kappa shape index (κ2) is 4.80. The van der Waals surface area contributed by atoms with E-state index in [9.17, 15) is 4.79 Å². The molecular weight excluding hydrogens is 247 g/mol. The molecule has 88 valence electrons. The largest absolute Gasteiger partial charge is 0.461 e. The maximum atomic E-state index is 11.0. The van der Waals surface area contributed by atoms with Crippen LogP contribution in [0.4, 0.5) is 0 Å². The van der Waals surface area contributed by atoms with Crippen molar-refractivity contribution in [2.45, 2.75) is 43.0 Å². The molecule has 0 aromatic carbocycles. The Morgan fingerprint density at radius 2 is 2.06 bits per heavy atom.